The predicted octanol–water partition coefficient (Wildman–Crippen LogP) is 6.31. The van der Waals surface area contributed by atoms with E-state index in [2.05, 4.69) is 21.2 Å². The van der Waals surface area contributed by atoms with Gasteiger partial charge in [-0.1, -0.05) is 62.9 Å². The van der Waals surface area contributed by atoms with Crippen LogP contribution < -0.4 is 15.0 Å². The average Bonchev–Trinajstić information content (AvgIpc) is 2.78. The number of rotatable bonds is 5. The van der Waals surface area contributed by atoms with Crippen LogP contribution in [0.1, 0.15) is 16.7 Å². The van der Waals surface area contributed by atoms with Crippen molar-refractivity contribution in [2.45, 2.75) is 13.5 Å². The number of anilines is 1. The first-order chi connectivity index (χ1) is 16.2. The largest absolute Gasteiger partial charge is 0.488 e. The molecule has 4 rings (SSSR count). The number of amides is 4. The summed E-state index contributed by atoms with van der Waals surface area (Å²) in [6.45, 7) is 2.03. The maximum Gasteiger partial charge on any atom is 0.335 e. The van der Waals surface area contributed by atoms with E-state index in [1.54, 1.807) is 60.7 Å². The number of hydrogen-bond donors (Lipinski definition) is 1. The van der Waals surface area contributed by atoms with Crippen LogP contribution in [0.15, 0.2) is 70.7 Å². The van der Waals surface area contributed by atoms with Gasteiger partial charge in [0.25, 0.3) is 11.8 Å². The van der Waals surface area contributed by atoms with Crippen LogP contribution in [0.4, 0.5) is 10.5 Å². The summed E-state index contributed by atoms with van der Waals surface area (Å²) < 4.78 is 6.65. The third-order valence-corrected chi connectivity index (χ3v) is 6.14. The highest BCUT2D eigenvalue weighted by molar-refractivity contribution is 9.10. The van der Waals surface area contributed by atoms with Crippen molar-refractivity contribution in [3.05, 3.63) is 97.4 Å². The van der Waals surface area contributed by atoms with Gasteiger partial charge in [-0.2, -0.15) is 0 Å². The Balaban J connectivity index is 1.67. The minimum atomic E-state index is -0.806. The van der Waals surface area contributed by atoms with Gasteiger partial charge in [0, 0.05) is 25.6 Å². The molecule has 1 saturated heterocycles. The Morgan fingerprint density at radius 2 is 1.74 bits per heavy atom. The minimum Gasteiger partial charge on any atom is -0.488 e. The van der Waals surface area contributed by atoms with E-state index in [4.69, 9.17) is 27.9 Å². The van der Waals surface area contributed by atoms with E-state index in [0.29, 0.717) is 31.5 Å². The molecule has 1 fully saturated rings. The molecule has 0 bridgehead atoms. The second kappa shape index (κ2) is 10.0. The molecule has 4 amide bonds. The average molecular weight is 560 g/mol. The molecule has 1 aliphatic heterocycles. The number of carbonyl (C=O) groups is 3. The number of aryl methyl sites for hydroxylation is 1. The molecule has 0 atom stereocenters. The van der Waals surface area contributed by atoms with Crippen LogP contribution in [0.3, 0.4) is 0 Å². The van der Waals surface area contributed by atoms with Gasteiger partial charge in [-0.3, -0.25) is 14.9 Å². The fourth-order valence-corrected chi connectivity index (χ4v) is 4.14. The summed E-state index contributed by atoms with van der Waals surface area (Å²) in [5.41, 5.74) is 2.31. The van der Waals surface area contributed by atoms with Crippen LogP contribution in [-0.4, -0.2) is 17.8 Å². The van der Waals surface area contributed by atoms with Crippen molar-refractivity contribution in [3.63, 3.8) is 0 Å². The molecule has 0 saturated carbocycles. The molecular formula is C25H17BrCl2N2O4. The van der Waals surface area contributed by atoms with Gasteiger partial charge in [0.2, 0.25) is 0 Å². The summed E-state index contributed by atoms with van der Waals surface area (Å²) in [4.78, 5) is 39.1. The second-order valence-corrected chi connectivity index (χ2v) is 9.26. The van der Waals surface area contributed by atoms with Gasteiger partial charge in [-0.05, 0) is 55.5 Å². The van der Waals surface area contributed by atoms with Gasteiger partial charge in [-0.25, -0.2) is 9.69 Å². The molecule has 3 aromatic carbocycles. The molecule has 0 aliphatic carbocycles. The lowest BCUT2D eigenvalue weighted by Gasteiger charge is -2.26. The number of nitrogens with zero attached hydrogens (tertiary/aromatic N) is 1. The van der Waals surface area contributed by atoms with Gasteiger partial charge < -0.3 is 4.74 Å². The fraction of sp³-hybridized carbons (Fsp3) is 0.0800. The van der Waals surface area contributed by atoms with Crippen molar-refractivity contribution >= 4 is 68.7 Å². The number of ether oxygens (including phenoxy) is 1. The first-order valence-corrected chi connectivity index (χ1v) is 11.6. The first-order valence-electron chi connectivity index (χ1n) is 10.1. The lowest BCUT2D eigenvalue weighted by Crippen LogP contribution is -2.54. The summed E-state index contributed by atoms with van der Waals surface area (Å²) in [5, 5.41) is 3.19. The Hall–Kier alpha value is -3.13. The smallest absolute Gasteiger partial charge is 0.335 e. The number of nitrogens with one attached hydrogen (secondary N) is 1. The predicted molar refractivity (Wildman–Crippen MR) is 135 cm³/mol. The van der Waals surface area contributed by atoms with Gasteiger partial charge in [-0.15, -0.1) is 0 Å². The normalized spacial score (nSPS) is 15.0. The topological polar surface area (TPSA) is 75.7 Å². The Labute approximate surface area is 214 Å². The van der Waals surface area contributed by atoms with Crippen molar-refractivity contribution in [1.29, 1.82) is 0 Å². The third kappa shape index (κ3) is 5.17. The van der Waals surface area contributed by atoms with Crippen molar-refractivity contribution < 1.29 is 19.1 Å². The molecule has 0 unspecified atom stereocenters. The zero-order valence-corrected chi connectivity index (χ0v) is 20.9. The number of hydrogen-bond acceptors (Lipinski definition) is 4. The number of urea groups is 1. The first kappa shape index (κ1) is 24.0. The van der Waals surface area contributed by atoms with E-state index in [1.807, 2.05) is 6.92 Å². The second-order valence-electron chi connectivity index (χ2n) is 7.50. The van der Waals surface area contributed by atoms with E-state index >= 15 is 0 Å². The molecule has 1 aliphatic rings. The van der Waals surface area contributed by atoms with E-state index in [0.717, 1.165) is 16.0 Å². The summed E-state index contributed by atoms with van der Waals surface area (Å²) >= 11 is 15.6. The maximum absolute atomic E-state index is 13.2. The van der Waals surface area contributed by atoms with Crippen molar-refractivity contribution in [2.75, 3.05) is 4.90 Å². The number of barbiturate groups is 1. The van der Waals surface area contributed by atoms with Crippen LogP contribution in [-0.2, 0) is 16.2 Å². The quantitative estimate of drug-likeness (QED) is 0.293. The number of halogens is 3. The van der Waals surface area contributed by atoms with Gasteiger partial charge in [0.05, 0.1) is 5.69 Å². The van der Waals surface area contributed by atoms with Crippen LogP contribution >= 0.6 is 39.1 Å². The van der Waals surface area contributed by atoms with Crippen molar-refractivity contribution in [2.24, 2.45) is 0 Å². The number of imide groups is 2. The molecule has 9 heteroatoms. The Kier molecular flexibility index (Phi) is 7.07. The van der Waals surface area contributed by atoms with E-state index in [-0.39, 0.29) is 12.2 Å². The van der Waals surface area contributed by atoms with Gasteiger partial charge in [0.15, 0.2) is 0 Å². The molecule has 34 heavy (non-hydrogen) atoms. The number of carbonyl (C=O) groups excluding carboxylic acids is 3. The molecule has 6 nitrogen and oxygen atoms in total. The Bertz CT molecular complexity index is 1340. The monoisotopic (exact) mass is 558 g/mol. The van der Waals surface area contributed by atoms with Gasteiger partial charge in [0.1, 0.15) is 17.9 Å². The van der Waals surface area contributed by atoms with Crippen LogP contribution in [0.25, 0.3) is 6.08 Å². The molecule has 1 N–H and O–H groups in total. The molecule has 172 valence electrons. The fourth-order valence-electron chi connectivity index (χ4n) is 3.30. The molecular weight excluding hydrogens is 543 g/mol. The third-order valence-electron chi connectivity index (χ3n) is 5.06. The Morgan fingerprint density at radius 3 is 2.44 bits per heavy atom. The lowest BCUT2D eigenvalue weighted by molar-refractivity contribution is -0.122. The van der Waals surface area contributed by atoms with Crippen LogP contribution in [0.2, 0.25) is 10.0 Å². The Morgan fingerprint density at radius 1 is 1.00 bits per heavy atom. The number of benzene rings is 3. The van der Waals surface area contributed by atoms with Crippen LogP contribution in [0, 0.1) is 6.92 Å². The zero-order chi connectivity index (χ0) is 24.4. The summed E-state index contributed by atoms with van der Waals surface area (Å²) in [5.74, 6) is -1.10. The molecule has 3 aromatic rings. The highest BCUT2D eigenvalue weighted by Gasteiger charge is 2.37. The lowest BCUT2D eigenvalue weighted by atomic mass is 10.1. The summed E-state index contributed by atoms with van der Waals surface area (Å²) in [7, 11) is 0. The van der Waals surface area contributed by atoms with Crippen molar-refractivity contribution in [1.82, 2.24) is 5.32 Å². The molecule has 1 heterocycles. The zero-order valence-electron chi connectivity index (χ0n) is 17.8. The maximum atomic E-state index is 13.2. The van der Waals surface area contributed by atoms with Crippen LogP contribution in [0.5, 0.6) is 5.75 Å². The molecule has 0 aromatic heterocycles. The van der Waals surface area contributed by atoms with E-state index in [9.17, 15) is 14.4 Å². The van der Waals surface area contributed by atoms with E-state index in [1.165, 1.54) is 6.08 Å². The van der Waals surface area contributed by atoms with Crippen molar-refractivity contribution in [3.8, 4) is 5.75 Å². The van der Waals surface area contributed by atoms with E-state index < -0.39 is 17.8 Å². The summed E-state index contributed by atoms with van der Waals surface area (Å²) in [6.07, 6.45) is 1.40. The molecule has 0 spiro atoms. The SMILES string of the molecule is Cc1ccc(N2C(=O)NC(=O)/C(=C\c3cc(Br)ccc3OCc3ccc(Cl)cc3Cl)C2=O)cc1. The highest BCUT2D eigenvalue weighted by Crippen LogP contribution is 2.30. The highest BCUT2D eigenvalue weighted by atomic mass is 79.9. The minimum absolute atomic E-state index is 0.141. The standard InChI is InChI=1S/C25H17BrCl2N2O4/c1-14-2-7-19(8-3-14)30-24(32)20(23(31)29-25(30)33)11-16-10-17(26)5-9-22(16)34-13-15-4-6-18(27)12-21(15)28/h2-12H,13H2,1H3,(H,29,31,33)/b20-11+. The van der Waals surface area contributed by atoms with Gasteiger partial charge >= 0.3 is 6.03 Å². The summed E-state index contributed by atoms with van der Waals surface area (Å²) in [6, 6.07) is 16.3. The molecule has 0 radical (unpaired) electrons.